The monoisotopic (exact) mass is 401 g/mol. The van der Waals surface area contributed by atoms with Crippen LogP contribution in [-0.2, 0) is 0 Å². The van der Waals surface area contributed by atoms with Crippen molar-refractivity contribution < 1.29 is 14.6 Å². The molecule has 4 rings (SSSR count). The number of aromatic nitrogens is 2. The molecule has 8 heteroatoms. The third-order valence-electron chi connectivity index (χ3n) is 6.47. The number of fused-ring (bicyclic) bond motifs is 2. The van der Waals surface area contributed by atoms with Gasteiger partial charge in [0.2, 0.25) is 5.95 Å². The van der Waals surface area contributed by atoms with E-state index in [1.165, 1.54) is 12.8 Å². The molecule has 0 saturated carbocycles. The van der Waals surface area contributed by atoms with Gasteiger partial charge < -0.3 is 30.1 Å². The summed E-state index contributed by atoms with van der Waals surface area (Å²) in [5, 5.41) is 11.0. The van der Waals surface area contributed by atoms with Crippen LogP contribution in [0.3, 0.4) is 0 Å². The third-order valence-corrected chi connectivity index (χ3v) is 6.47. The van der Waals surface area contributed by atoms with Crippen molar-refractivity contribution >= 4 is 22.7 Å². The average molecular weight is 402 g/mol. The molecule has 2 unspecified atom stereocenters. The molecule has 3 heterocycles. The van der Waals surface area contributed by atoms with Gasteiger partial charge in [-0.3, -0.25) is 0 Å². The van der Waals surface area contributed by atoms with Crippen molar-refractivity contribution in [2.45, 2.75) is 19.8 Å². The highest BCUT2D eigenvalue weighted by Gasteiger charge is 2.52. The minimum Gasteiger partial charge on any atom is -0.493 e. The zero-order chi connectivity index (χ0) is 20.6. The minimum atomic E-state index is -0.113. The molecular formula is C21H31N5O3. The molecule has 2 saturated heterocycles. The lowest BCUT2D eigenvalue weighted by atomic mass is 9.82. The molecule has 3 N–H and O–H groups in total. The van der Waals surface area contributed by atoms with Crippen molar-refractivity contribution in [1.82, 2.24) is 14.9 Å². The van der Waals surface area contributed by atoms with E-state index in [4.69, 9.17) is 20.2 Å². The van der Waals surface area contributed by atoms with Crippen LogP contribution in [0.1, 0.15) is 19.8 Å². The first-order chi connectivity index (χ1) is 14.0. The lowest BCUT2D eigenvalue weighted by Crippen LogP contribution is -2.37. The molecule has 0 bridgehead atoms. The summed E-state index contributed by atoms with van der Waals surface area (Å²) < 4.78 is 10.8. The van der Waals surface area contributed by atoms with E-state index >= 15 is 0 Å². The van der Waals surface area contributed by atoms with Crippen LogP contribution in [0.5, 0.6) is 11.5 Å². The van der Waals surface area contributed by atoms with E-state index in [0.717, 1.165) is 43.6 Å². The number of methoxy groups -OCH3 is 2. The predicted molar refractivity (Wildman–Crippen MR) is 114 cm³/mol. The fraction of sp³-hybridized carbons (Fsp3) is 0.619. The van der Waals surface area contributed by atoms with Gasteiger partial charge in [-0.25, -0.2) is 4.98 Å². The highest BCUT2D eigenvalue weighted by Crippen LogP contribution is 2.43. The highest BCUT2D eigenvalue weighted by molar-refractivity contribution is 5.91. The molecule has 2 aliphatic heterocycles. The van der Waals surface area contributed by atoms with Crippen LogP contribution in [0.2, 0.25) is 0 Å². The first-order valence-corrected chi connectivity index (χ1v) is 10.3. The Morgan fingerprint density at radius 3 is 2.59 bits per heavy atom. The zero-order valence-electron chi connectivity index (χ0n) is 17.5. The molecule has 8 nitrogen and oxygen atoms in total. The normalized spacial score (nSPS) is 24.3. The van der Waals surface area contributed by atoms with Crippen LogP contribution in [-0.4, -0.2) is 73.5 Å². The summed E-state index contributed by atoms with van der Waals surface area (Å²) in [6, 6.07) is 3.65. The molecule has 2 aliphatic rings. The number of nitrogens with zero attached hydrogens (tertiary/aromatic N) is 4. The number of benzene rings is 1. The Bertz CT molecular complexity index is 892. The van der Waals surface area contributed by atoms with Crippen molar-refractivity contribution in [2.75, 3.05) is 64.2 Å². The van der Waals surface area contributed by atoms with Gasteiger partial charge in [0.25, 0.3) is 0 Å². The highest BCUT2D eigenvalue weighted by atomic mass is 16.5. The first-order valence-electron chi connectivity index (χ1n) is 10.3. The number of hydrogen-bond donors (Lipinski definition) is 2. The number of likely N-dealkylation sites (tertiary alicyclic amines) is 1. The molecule has 2 aromatic rings. The lowest BCUT2D eigenvalue weighted by molar-refractivity contribution is 0.126. The summed E-state index contributed by atoms with van der Waals surface area (Å²) in [7, 11) is 3.20. The largest absolute Gasteiger partial charge is 0.493 e. The van der Waals surface area contributed by atoms with E-state index in [9.17, 15) is 5.11 Å². The number of rotatable bonds is 7. The smallest absolute Gasteiger partial charge is 0.227 e. The average Bonchev–Trinajstić information content (AvgIpc) is 3.25. The number of ether oxygens (including phenoxy) is 2. The Morgan fingerprint density at radius 1 is 1.17 bits per heavy atom. The van der Waals surface area contributed by atoms with Gasteiger partial charge in [0, 0.05) is 43.0 Å². The fourth-order valence-electron chi connectivity index (χ4n) is 4.83. The summed E-state index contributed by atoms with van der Waals surface area (Å²) in [6.45, 7) is 7.04. The van der Waals surface area contributed by atoms with Gasteiger partial charge in [0.05, 0.1) is 26.3 Å². The van der Waals surface area contributed by atoms with Crippen molar-refractivity contribution in [3.05, 3.63) is 12.1 Å². The molecule has 0 spiro atoms. The molecule has 0 amide bonds. The number of anilines is 2. The number of aliphatic hydroxyl groups excluding tert-OH is 1. The van der Waals surface area contributed by atoms with Crippen molar-refractivity contribution in [3.8, 4) is 11.5 Å². The second kappa shape index (κ2) is 7.84. The minimum absolute atomic E-state index is 0.113. The van der Waals surface area contributed by atoms with Crippen LogP contribution in [0, 0.1) is 11.3 Å². The van der Waals surface area contributed by atoms with Crippen LogP contribution >= 0.6 is 0 Å². The summed E-state index contributed by atoms with van der Waals surface area (Å²) >= 11 is 0. The Morgan fingerprint density at radius 2 is 1.93 bits per heavy atom. The first kappa shape index (κ1) is 20.0. The Kier molecular flexibility index (Phi) is 5.40. The standard InChI is InChI=1S/C21H31N5O3/c1-4-5-6-25-9-14-10-26(12-21(14,11-25)13-27)20-23-16-8-18(29-3)17(28-2)7-15(16)19(22)24-20/h7-8,14,27H,4-6,9-13H2,1-3H3,(H2,22,23,24). The number of hydrogen-bond acceptors (Lipinski definition) is 8. The van der Waals surface area contributed by atoms with Crippen LogP contribution in [0.25, 0.3) is 10.9 Å². The second-order valence-electron chi connectivity index (χ2n) is 8.32. The molecule has 0 radical (unpaired) electrons. The maximum Gasteiger partial charge on any atom is 0.227 e. The van der Waals surface area contributed by atoms with E-state index in [1.54, 1.807) is 14.2 Å². The molecule has 1 aromatic carbocycles. The SMILES string of the molecule is CCCCN1CC2CN(c3nc(N)c4cc(OC)c(OC)cc4n3)CC2(CO)C1. The third kappa shape index (κ3) is 3.44. The van der Waals surface area contributed by atoms with Gasteiger partial charge in [0.15, 0.2) is 11.5 Å². The van der Waals surface area contributed by atoms with E-state index in [1.807, 2.05) is 12.1 Å². The molecule has 1 aromatic heterocycles. The van der Waals surface area contributed by atoms with Crippen molar-refractivity contribution in [3.63, 3.8) is 0 Å². The number of nitrogens with two attached hydrogens (primary N) is 1. The molecule has 158 valence electrons. The number of aliphatic hydroxyl groups is 1. The van der Waals surface area contributed by atoms with Crippen LogP contribution in [0.4, 0.5) is 11.8 Å². The van der Waals surface area contributed by atoms with E-state index < -0.39 is 0 Å². The molecule has 2 atom stereocenters. The topological polar surface area (TPSA) is 97.0 Å². The van der Waals surface area contributed by atoms with E-state index in [-0.39, 0.29) is 12.0 Å². The molecule has 2 fully saturated rings. The van der Waals surface area contributed by atoms with Gasteiger partial charge in [-0.15, -0.1) is 0 Å². The number of unbranched alkanes of at least 4 members (excludes halogenated alkanes) is 1. The van der Waals surface area contributed by atoms with Crippen LogP contribution in [0.15, 0.2) is 12.1 Å². The molecule has 0 aliphatic carbocycles. The quantitative estimate of drug-likeness (QED) is 0.724. The fourth-order valence-corrected chi connectivity index (χ4v) is 4.83. The Hall–Kier alpha value is -2.32. The van der Waals surface area contributed by atoms with Gasteiger partial charge in [0.1, 0.15) is 5.82 Å². The second-order valence-corrected chi connectivity index (χ2v) is 8.32. The summed E-state index contributed by atoms with van der Waals surface area (Å²) in [6.07, 6.45) is 2.39. The Labute approximate surface area is 171 Å². The molecular weight excluding hydrogens is 370 g/mol. The zero-order valence-corrected chi connectivity index (χ0v) is 17.5. The molecule has 29 heavy (non-hydrogen) atoms. The van der Waals surface area contributed by atoms with E-state index in [0.29, 0.717) is 29.2 Å². The lowest BCUT2D eigenvalue weighted by Gasteiger charge is -2.27. The summed E-state index contributed by atoms with van der Waals surface area (Å²) in [5.41, 5.74) is 6.88. The maximum atomic E-state index is 10.2. The number of nitrogen functional groups attached to an aromatic ring is 1. The van der Waals surface area contributed by atoms with Gasteiger partial charge in [-0.1, -0.05) is 13.3 Å². The predicted octanol–water partition coefficient (Wildman–Crippen LogP) is 1.76. The van der Waals surface area contributed by atoms with Crippen molar-refractivity contribution in [1.29, 1.82) is 0 Å². The van der Waals surface area contributed by atoms with Gasteiger partial charge in [-0.2, -0.15) is 4.98 Å². The van der Waals surface area contributed by atoms with Crippen LogP contribution < -0.4 is 20.1 Å². The Balaban J connectivity index is 1.61. The van der Waals surface area contributed by atoms with E-state index in [2.05, 4.69) is 21.7 Å². The summed E-state index contributed by atoms with van der Waals surface area (Å²) in [4.78, 5) is 14.0. The van der Waals surface area contributed by atoms with Crippen molar-refractivity contribution in [2.24, 2.45) is 11.3 Å². The van der Waals surface area contributed by atoms with Gasteiger partial charge >= 0.3 is 0 Å². The maximum absolute atomic E-state index is 10.2. The summed E-state index contributed by atoms with van der Waals surface area (Å²) in [5.74, 6) is 2.66. The van der Waals surface area contributed by atoms with Gasteiger partial charge in [-0.05, 0) is 24.9 Å².